The molecule has 0 spiro atoms. The molecule has 10 heteroatoms. The second-order valence-corrected chi connectivity index (χ2v) is 7.14. The number of hydrogen-bond acceptors (Lipinski definition) is 7. The van der Waals surface area contributed by atoms with Crippen molar-refractivity contribution in [3.8, 4) is 11.5 Å². The number of nitrogens with zero attached hydrogens (tertiary/aromatic N) is 3. The lowest BCUT2D eigenvalue weighted by molar-refractivity contribution is -0.120. The molecule has 1 unspecified atom stereocenters. The minimum atomic E-state index is -0.532. The molecule has 1 aromatic heterocycles. The Morgan fingerprint density at radius 1 is 1.16 bits per heavy atom. The summed E-state index contributed by atoms with van der Waals surface area (Å²) in [5.74, 6) is -0.271. The minimum absolute atomic E-state index is 0.216. The fraction of sp³-hybridized carbons (Fsp3) is 0.182. The molecule has 2 aromatic carbocycles. The molecular formula is C22H21FN6O3. The number of aromatic nitrogens is 2. The number of nitrogens with one attached hydrogen (secondary N) is 2. The Bertz CT molecular complexity index is 1110. The molecule has 1 atom stereocenters. The van der Waals surface area contributed by atoms with Crippen LogP contribution in [0.2, 0.25) is 0 Å². The maximum Gasteiger partial charge on any atom is 0.274 e. The van der Waals surface area contributed by atoms with E-state index in [0.29, 0.717) is 42.5 Å². The highest BCUT2D eigenvalue weighted by molar-refractivity contribution is 6.04. The van der Waals surface area contributed by atoms with Crippen LogP contribution in [0.4, 0.5) is 15.8 Å². The Balaban J connectivity index is 1.64. The van der Waals surface area contributed by atoms with Gasteiger partial charge in [-0.3, -0.25) is 9.59 Å². The van der Waals surface area contributed by atoms with Crippen molar-refractivity contribution in [3.63, 3.8) is 0 Å². The van der Waals surface area contributed by atoms with Crippen molar-refractivity contribution in [1.82, 2.24) is 15.3 Å². The number of amides is 2. The molecule has 0 radical (unpaired) electrons. The van der Waals surface area contributed by atoms with Crippen LogP contribution in [0.15, 0.2) is 61.1 Å². The zero-order chi connectivity index (χ0) is 22.5. The SMILES string of the molecule is NC(=O)C1CN(c2cc(Oc3ccc(F)cc3)ccc2NC(=O)c2ccncn2)CCN1. The number of benzene rings is 2. The van der Waals surface area contributed by atoms with Gasteiger partial charge in [0.05, 0.1) is 11.4 Å². The standard InChI is InChI=1S/C22H21FN6O3/c23-14-1-3-15(4-2-14)32-16-5-6-17(28-22(31)18-7-8-25-13-27-18)20(11-16)29-10-9-26-19(12-29)21(24)30/h1-8,11,13,19,26H,9-10,12H2,(H2,24,30)(H,28,31). The first kappa shape index (κ1) is 21.2. The second-order valence-electron chi connectivity index (χ2n) is 7.14. The van der Waals surface area contributed by atoms with E-state index >= 15 is 0 Å². The van der Waals surface area contributed by atoms with Crippen LogP contribution in [0, 0.1) is 5.82 Å². The molecule has 1 aliphatic heterocycles. The zero-order valence-electron chi connectivity index (χ0n) is 17.0. The maximum atomic E-state index is 13.2. The van der Waals surface area contributed by atoms with Gasteiger partial charge in [0.25, 0.3) is 5.91 Å². The normalized spacial score (nSPS) is 15.8. The molecular weight excluding hydrogens is 415 g/mol. The van der Waals surface area contributed by atoms with E-state index in [0.717, 1.165) is 0 Å². The number of ether oxygens (including phenoxy) is 1. The van der Waals surface area contributed by atoms with Gasteiger partial charge < -0.3 is 26.0 Å². The number of anilines is 2. The lowest BCUT2D eigenvalue weighted by Gasteiger charge is -2.35. The van der Waals surface area contributed by atoms with Crippen molar-refractivity contribution >= 4 is 23.2 Å². The monoisotopic (exact) mass is 436 g/mol. The fourth-order valence-electron chi connectivity index (χ4n) is 3.35. The predicted molar refractivity (Wildman–Crippen MR) is 116 cm³/mol. The molecule has 0 aliphatic carbocycles. The molecule has 9 nitrogen and oxygen atoms in total. The summed E-state index contributed by atoms with van der Waals surface area (Å²) in [6.45, 7) is 1.45. The van der Waals surface area contributed by atoms with Gasteiger partial charge >= 0.3 is 0 Å². The van der Waals surface area contributed by atoms with Crippen LogP contribution in [0.1, 0.15) is 10.5 Å². The van der Waals surface area contributed by atoms with Crippen LogP contribution in [0.25, 0.3) is 0 Å². The third-order valence-corrected chi connectivity index (χ3v) is 4.94. The van der Waals surface area contributed by atoms with Gasteiger partial charge in [-0.1, -0.05) is 0 Å². The quantitative estimate of drug-likeness (QED) is 0.540. The van der Waals surface area contributed by atoms with Crippen LogP contribution >= 0.6 is 0 Å². The Labute approximate surface area is 183 Å². The Morgan fingerprint density at radius 3 is 2.66 bits per heavy atom. The summed E-state index contributed by atoms with van der Waals surface area (Å²) < 4.78 is 19.0. The number of carbonyl (C=O) groups excluding carboxylic acids is 2. The van der Waals surface area contributed by atoms with Gasteiger partial charge in [-0.15, -0.1) is 0 Å². The molecule has 32 heavy (non-hydrogen) atoms. The number of hydrogen-bond donors (Lipinski definition) is 3. The number of halogens is 1. The molecule has 3 aromatic rings. The van der Waals surface area contributed by atoms with E-state index in [-0.39, 0.29) is 11.5 Å². The molecule has 0 bridgehead atoms. The smallest absolute Gasteiger partial charge is 0.274 e. The van der Waals surface area contributed by atoms with Crippen molar-refractivity contribution in [3.05, 3.63) is 72.6 Å². The molecule has 2 amide bonds. The first-order chi connectivity index (χ1) is 15.5. The summed E-state index contributed by atoms with van der Waals surface area (Å²) in [7, 11) is 0. The topological polar surface area (TPSA) is 122 Å². The minimum Gasteiger partial charge on any atom is -0.457 e. The van der Waals surface area contributed by atoms with Crippen molar-refractivity contribution in [2.75, 3.05) is 29.9 Å². The molecule has 1 saturated heterocycles. The van der Waals surface area contributed by atoms with Crippen molar-refractivity contribution in [1.29, 1.82) is 0 Å². The highest BCUT2D eigenvalue weighted by atomic mass is 19.1. The van der Waals surface area contributed by atoms with Gasteiger partial charge in [0.15, 0.2) is 0 Å². The van der Waals surface area contributed by atoms with Crippen LogP contribution in [-0.4, -0.2) is 47.5 Å². The lowest BCUT2D eigenvalue weighted by Crippen LogP contribution is -2.56. The third-order valence-electron chi connectivity index (χ3n) is 4.94. The highest BCUT2D eigenvalue weighted by Crippen LogP contribution is 2.33. The van der Waals surface area contributed by atoms with Gasteiger partial charge in [-0.2, -0.15) is 0 Å². The van der Waals surface area contributed by atoms with Crippen molar-refractivity contribution in [2.24, 2.45) is 5.73 Å². The fourth-order valence-corrected chi connectivity index (χ4v) is 3.35. The summed E-state index contributed by atoms with van der Waals surface area (Å²) in [5, 5.41) is 5.93. The van der Waals surface area contributed by atoms with Crippen molar-refractivity contribution in [2.45, 2.75) is 6.04 Å². The average Bonchev–Trinajstić information content (AvgIpc) is 2.82. The highest BCUT2D eigenvalue weighted by Gasteiger charge is 2.26. The Hall–Kier alpha value is -4.05. The number of carbonyl (C=O) groups is 2. The molecule has 1 aliphatic rings. The van der Waals surface area contributed by atoms with Crippen LogP contribution < -0.4 is 26.0 Å². The van der Waals surface area contributed by atoms with Gasteiger partial charge in [-0.25, -0.2) is 14.4 Å². The number of nitrogens with two attached hydrogens (primary N) is 1. The molecule has 4 rings (SSSR count). The molecule has 1 fully saturated rings. The summed E-state index contributed by atoms with van der Waals surface area (Å²) in [5.41, 5.74) is 6.87. The van der Waals surface area contributed by atoms with E-state index in [1.54, 1.807) is 18.2 Å². The van der Waals surface area contributed by atoms with Gasteiger partial charge in [0.1, 0.15) is 35.4 Å². The van der Waals surface area contributed by atoms with E-state index in [1.807, 2.05) is 4.90 Å². The average molecular weight is 436 g/mol. The Morgan fingerprint density at radius 2 is 1.94 bits per heavy atom. The van der Waals surface area contributed by atoms with E-state index in [9.17, 15) is 14.0 Å². The van der Waals surface area contributed by atoms with Crippen molar-refractivity contribution < 1.29 is 18.7 Å². The molecule has 2 heterocycles. The molecule has 164 valence electrons. The van der Waals surface area contributed by atoms with Crippen LogP contribution in [-0.2, 0) is 4.79 Å². The molecule has 0 saturated carbocycles. The van der Waals surface area contributed by atoms with E-state index < -0.39 is 17.9 Å². The first-order valence-electron chi connectivity index (χ1n) is 9.92. The summed E-state index contributed by atoms with van der Waals surface area (Å²) in [4.78, 5) is 34.1. The molecule has 4 N–H and O–H groups in total. The number of primary amides is 1. The Kier molecular flexibility index (Phi) is 6.22. The van der Waals surface area contributed by atoms with Crippen LogP contribution in [0.5, 0.6) is 11.5 Å². The summed E-state index contributed by atoms with van der Waals surface area (Å²) in [6.07, 6.45) is 2.78. The van der Waals surface area contributed by atoms with E-state index in [4.69, 9.17) is 10.5 Å². The summed E-state index contributed by atoms with van der Waals surface area (Å²) in [6, 6.07) is 11.8. The second kappa shape index (κ2) is 9.40. The number of rotatable bonds is 6. The van der Waals surface area contributed by atoms with Gasteiger partial charge in [-0.05, 0) is 42.5 Å². The number of piperazine rings is 1. The van der Waals surface area contributed by atoms with E-state index in [1.165, 1.54) is 42.9 Å². The van der Waals surface area contributed by atoms with E-state index in [2.05, 4.69) is 20.6 Å². The van der Waals surface area contributed by atoms with Gasteiger partial charge in [0, 0.05) is 31.9 Å². The maximum absolute atomic E-state index is 13.2. The summed E-state index contributed by atoms with van der Waals surface area (Å²) >= 11 is 0. The van der Waals surface area contributed by atoms with Crippen LogP contribution in [0.3, 0.4) is 0 Å². The zero-order valence-corrected chi connectivity index (χ0v) is 17.0. The van der Waals surface area contributed by atoms with Gasteiger partial charge in [0.2, 0.25) is 5.91 Å². The third kappa shape index (κ3) is 4.98. The first-order valence-corrected chi connectivity index (χ1v) is 9.92. The lowest BCUT2D eigenvalue weighted by atomic mass is 10.1. The predicted octanol–water partition coefficient (Wildman–Crippen LogP) is 1.92. The largest absolute Gasteiger partial charge is 0.457 e.